The van der Waals surface area contributed by atoms with Crippen LogP contribution in [0.25, 0.3) is 0 Å². The SMILES string of the molecule is CC(NC(=O)c1cccnc1)S(=O)(=O)O. The minimum Gasteiger partial charge on any atom is -0.334 e. The second-order valence-electron chi connectivity index (χ2n) is 2.87. The van der Waals surface area contributed by atoms with E-state index >= 15 is 0 Å². The number of hydrogen-bond acceptors (Lipinski definition) is 4. The van der Waals surface area contributed by atoms with Gasteiger partial charge >= 0.3 is 0 Å². The Morgan fingerprint density at radius 2 is 2.27 bits per heavy atom. The van der Waals surface area contributed by atoms with Gasteiger partial charge in [-0.05, 0) is 19.1 Å². The smallest absolute Gasteiger partial charge is 0.285 e. The second kappa shape index (κ2) is 4.37. The van der Waals surface area contributed by atoms with Crippen LogP contribution in [0.1, 0.15) is 17.3 Å². The molecule has 82 valence electrons. The third kappa shape index (κ3) is 3.30. The Labute approximate surface area is 87.1 Å². The van der Waals surface area contributed by atoms with Gasteiger partial charge in [0.1, 0.15) is 0 Å². The highest BCUT2D eigenvalue weighted by molar-refractivity contribution is 7.86. The Morgan fingerprint density at radius 1 is 1.60 bits per heavy atom. The van der Waals surface area contributed by atoms with Crippen LogP contribution in [-0.4, -0.2) is 29.2 Å². The van der Waals surface area contributed by atoms with E-state index in [1.807, 2.05) is 0 Å². The van der Waals surface area contributed by atoms with E-state index in [1.165, 1.54) is 25.4 Å². The molecule has 1 atom stereocenters. The van der Waals surface area contributed by atoms with Crippen molar-refractivity contribution in [1.29, 1.82) is 0 Å². The summed E-state index contributed by atoms with van der Waals surface area (Å²) in [5.41, 5.74) is 0.230. The number of amides is 1. The molecule has 0 aliphatic heterocycles. The summed E-state index contributed by atoms with van der Waals surface area (Å²) in [6.45, 7) is 1.17. The van der Waals surface area contributed by atoms with E-state index in [-0.39, 0.29) is 5.56 Å². The van der Waals surface area contributed by atoms with E-state index in [0.29, 0.717) is 0 Å². The van der Waals surface area contributed by atoms with Gasteiger partial charge < -0.3 is 5.32 Å². The number of carbonyl (C=O) groups is 1. The van der Waals surface area contributed by atoms with Crippen molar-refractivity contribution in [3.8, 4) is 0 Å². The molecular weight excluding hydrogens is 220 g/mol. The van der Waals surface area contributed by atoms with E-state index in [9.17, 15) is 13.2 Å². The van der Waals surface area contributed by atoms with Gasteiger partial charge in [-0.1, -0.05) is 0 Å². The molecule has 0 bridgehead atoms. The standard InChI is InChI=1S/C8H10N2O4S/c1-6(15(12,13)14)10-8(11)7-3-2-4-9-5-7/h2-6H,1H3,(H,10,11)(H,12,13,14). The van der Waals surface area contributed by atoms with Gasteiger partial charge in [-0.15, -0.1) is 0 Å². The lowest BCUT2D eigenvalue weighted by Crippen LogP contribution is -2.38. The zero-order valence-electron chi connectivity index (χ0n) is 7.91. The van der Waals surface area contributed by atoms with Gasteiger partial charge in [-0.25, -0.2) is 0 Å². The lowest BCUT2D eigenvalue weighted by Gasteiger charge is -2.09. The van der Waals surface area contributed by atoms with E-state index in [1.54, 1.807) is 6.07 Å². The Bertz CT molecular complexity index is 443. The summed E-state index contributed by atoms with van der Waals surface area (Å²) in [6, 6.07) is 3.03. The average molecular weight is 230 g/mol. The summed E-state index contributed by atoms with van der Waals surface area (Å²) in [5.74, 6) is -0.603. The minimum atomic E-state index is -4.26. The molecule has 0 saturated heterocycles. The average Bonchev–Trinajstić information content (AvgIpc) is 2.17. The molecule has 1 rings (SSSR count). The number of nitrogens with zero attached hydrogens (tertiary/aromatic N) is 1. The van der Waals surface area contributed by atoms with Gasteiger partial charge in [0.05, 0.1) is 5.56 Å². The van der Waals surface area contributed by atoms with Crippen LogP contribution in [0, 0.1) is 0 Å². The van der Waals surface area contributed by atoms with E-state index in [0.717, 1.165) is 0 Å². The Hall–Kier alpha value is -1.47. The summed E-state index contributed by atoms with van der Waals surface area (Å²) < 4.78 is 29.9. The summed E-state index contributed by atoms with van der Waals surface area (Å²) in [6.07, 6.45) is 2.79. The van der Waals surface area contributed by atoms with Crippen LogP contribution in [-0.2, 0) is 10.1 Å². The Kier molecular flexibility index (Phi) is 3.38. The van der Waals surface area contributed by atoms with Crippen LogP contribution in [0.5, 0.6) is 0 Å². The zero-order valence-corrected chi connectivity index (χ0v) is 8.73. The number of nitrogens with one attached hydrogen (secondary N) is 1. The van der Waals surface area contributed by atoms with Crippen molar-refractivity contribution >= 4 is 16.0 Å². The summed E-state index contributed by atoms with van der Waals surface area (Å²) in [7, 11) is -4.26. The van der Waals surface area contributed by atoms with E-state index < -0.39 is 21.4 Å². The Balaban J connectivity index is 2.74. The molecule has 0 fully saturated rings. The summed E-state index contributed by atoms with van der Waals surface area (Å²) >= 11 is 0. The third-order valence-corrected chi connectivity index (χ3v) is 2.72. The van der Waals surface area contributed by atoms with E-state index in [4.69, 9.17) is 4.55 Å². The molecule has 0 aliphatic carbocycles. The molecule has 6 nitrogen and oxygen atoms in total. The first kappa shape index (κ1) is 11.6. The predicted octanol–water partition coefficient (Wildman–Crippen LogP) is 0.0452. The highest BCUT2D eigenvalue weighted by Gasteiger charge is 2.19. The fraction of sp³-hybridized carbons (Fsp3) is 0.250. The molecule has 1 amide bonds. The molecule has 1 unspecified atom stereocenters. The molecule has 0 aliphatic rings. The number of pyridine rings is 1. The predicted molar refractivity (Wildman–Crippen MR) is 52.7 cm³/mol. The lowest BCUT2D eigenvalue weighted by molar-refractivity contribution is 0.0948. The maximum absolute atomic E-state index is 11.4. The molecule has 1 aromatic rings. The first-order chi connectivity index (χ1) is 6.91. The maximum Gasteiger partial charge on any atom is 0.285 e. The topological polar surface area (TPSA) is 96.4 Å². The fourth-order valence-corrected chi connectivity index (χ4v) is 1.10. The van der Waals surface area contributed by atoms with E-state index in [2.05, 4.69) is 10.3 Å². The van der Waals surface area contributed by atoms with Crippen molar-refractivity contribution in [2.75, 3.05) is 0 Å². The van der Waals surface area contributed by atoms with Crippen molar-refractivity contribution in [1.82, 2.24) is 10.3 Å². The monoisotopic (exact) mass is 230 g/mol. The van der Waals surface area contributed by atoms with Crippen molar-refractivity contribution in [3.05, 3.63) is 30.1 Å². The second-order valence-corrected chi connectivity index (χ2v) is 4.61. The van der Waals surface area contributed by atoms with Crippen LogP contribution in [0.15, 0.2) is 24.5 Å². The number of carbonyl (C=O) groups excluding carboxylic acids is 1. The highest BCUT2D eigenvalue weighted by Crippen LogP contribution is 1.99. The minimum absolute atomic E-state index is 0.230. The largest absolute Gasteiger partial charge is 0.334 e. The molecule has 1 aromatic heterocycles. The number of rotatable bonds is 3. The molecule has 0 spiro atoms. The van der Waals surface area contributed by atoms with Gasteiger partial charge in [0.2, 0.25) is 0 Å². The van der Waals surface area contributed by atoms with Crippen molar-refractivity contribution in [2.24, 2.45) is 0 Å². The normalized spacial score (nSPS) is 13.2. The molecule has 0 radical (unpaired) electrons. The van der Waals surface area contributed by atoms with Crippen LogP contribution >= 0.6 is 0 Å². The van der Waals surface area contributed by atoms with Crippen LogP contribution in [0.2, 0.25) is 0 Å². The molecule has 0 aromatic carbocycles. The lowest BCUT2D eigenvalue weighted by atomic mass is 10.3. The third-order valence-electron chi connectivity index (χ3n) is 1.70. The summed E-state index contributed by atoms with van der Waals surface area (Å²) in [5, 5.41) is 0.777. The first-order valence-electron chi connectivity index (χ1n) is 4.08. The van der Waals surface area contributed by atoms with Crippen LogP contribution in [0.4, 0.5) is 0 Å². The van der Waals surface area contributed by atoms with Crippen molar-refractivity contribution in [3.63, 3.8) is 0 Å². The summed E-state index contributed by atoms with van der Waals surface area (Å²) in [4.78, 5) is 15.1. The van der Waals surface area contributed by atoms with Gasteiger partial charge in [0.15, 0.2) is 5.37 Å². The van der Waals surface area contributed by atoms with Crippen LogP contribution < -0.4 is 5.32 Å². The molecule has 15 heavy (non-hydrogen) atoms. The maximum atomic E-state index is 11.4. The molecule has 1 heterocycles. The van der Waals surface area contributed by atoms with Gasteiger partial charge in [-0.3, -0.25) is 14.3 Å². The van der Waals surface area contributed by atoms with Gasteiger partial charge in [0, 0.05) is 12.4 Å². The van der Waals surface area contributed by atoms with Crippen LogP contribution in [0.3, 0.4) is 0 Å². The van der Waals surface area contributed by atoms with Crippen molar-refractivity contribution < 1.29 is 17.8 Å². The first-order valence-corrected chi connectivity index (χ1v) is 5.59. The fourth-order valence-electron chi connectivity index (χ4n) is 0.839. The highest BCUT2D eigenvalue weighted by atomic mass is 32.2. The van der Waals surface area contributed by atoms with Gasteiger partial charge in [0.25, 0.3) is 16.0 Å². The molecule has 2 N–H and O–H groups in total. The quantitative estimate of drug-likeness (QED) is 0.715. The van der Waals surface area contributed by atoms with Gasteiger partial charge in [-0.2, -0.15) is 8.42 Å². The molecular formula is C8H10N2O4S. The molecule has 0 saturated carbocycles. The van der Waals surface area contributed by atoms with Crippen molar-refractivity contribution in [2.45, 2.75) is 12.3 Å². The Morgan fingerprint density at radius 3 is 2.73 bits per heavy atom. The molecule has 7 heteroatoms. The zero-order chi connectivity index (χ0) is 11.5. The number of hydrogen-bond donors (Lipinski definition) is 2. The number of aromatic nitrogens is 1.